The zero-order valence-corrected chi connectivity index (χ0v) is 8.49. The molecule has 2 N–H and O–H groups in total. The molecule has 0 aromatic heterocycles. The maximum atomic E-state index is 9.94. The van der Waals surface area contributed by atoms with Crippen LogP contribution < -0.4 is 4.90 Å². The molecule has 72 valence electrons. The molecule has 2 heteroatoms. The number of hydrogen-bond donors (Lipinski definition) is 2. The van der Waals surface area contributed by atoms with Crippen LogP contribution in [0.4, 0.5) is 0 Å². The Balaban J connectivity index is 2.73. The molecule has 2 atom stereocenters. The van der Waals surface area contributed by atoms with Gasteiger partial charge in [-0.25, -0.2) is 0 Å². The second-order valence-electron chi connectivity index (χ2n) is 3.72. The van der Waals surface area contributed by atoms with Gasteiger partial charge in [-0.1, -0.05) is 30.3 Å². The smallest absolute Gasteiger partial charge is 0.130 e. The highest BCUT2D eigenvalue weighted by Crippen LogP contribution is 2.13. The molecule has 1 aromatic carbocycles. The standard InChI is InChI=1S/C11H17NO/c1-9(12(2)3)11(13)10-7-5-4-6-8-10/h4-9,11,13H,1-3H3/p+1/t9-,11?/m1/s1. The van der Waals surface area contributed by atoms with Crippen molar-refractivity contribution in [3.05, 3.63) is 35.9 Å². The molecule has 0 aliphatic rings. The third-order valence-corrected chi connectivity index (χ3v) is 2.53. The van der Waals surface area contributed by atoms with E-state index >= 15 is 0 Å². The van der Waals surface area contributed by atoms with Gasteiger partial charge in [-0.2, -0.15) is 0 Å². The quantitative estimate of drug-likeness (QED) is 0.685. The van der Waals surface area contributed by atoms with Crippen molar-refractivity contribution in [2.24, 2.45) is 0 Å². The summed E-state index contributed by atoms with van der Waals surface area (Å²) in [6, 6.07) is 10.0. The van der Waals surface area contributed by atoms with Gasteiger partial charge in [0.15, 0.2) is 0 Å². The summed E-state index contributed by atoms with van der Waals surface area (Å²) in [6.07, 6.45) is -0.369. The lowest BCUT2D eigenvalue weighted by Gasteiger charge is -2.22. The topological polar surface area (TPSA) is 24.7 Å². The Hall–Kier alpha value is -0.860. The Morgan fingerprint density at radius 1 is 1.15 bits per heavy atom. The second kappa shape index (κ2) is 4.40. The molecule has 0 aliphatic carbocycles. The van der Waals surface area contributed by atoms with Crippen LogP contribution in [0.5, 0.6) is 0 Å². The molecule has 1 unspecified atom stereocenters. The fourth-order valence-electron chi connectivity index (χ4n) is 1.25. The highest BCUT2D eigenvalue weighted by molar-refractivity contribution is 5.17. The Kier molecular flexibility index (Phi) is 3.46. The molecule has 1 aromatic rings. The van der Waals surface area contributed by atoms with Gasteiger partial charge in [0.2, 0.25) is 0 Å². The van der Waals surface area contributed by atoms with E-state index in [0.29, 0.717) is 0 Å². The maximum Gasteiger partial charge on any atom is 0.130 e. The first-order valence-electron chi connectivity index (χ1n) is 4.66. The SMILES string of the molecule is C[C@H](C(O)c1ccccc1)[NH+](C)C. The number of quaternary nitrogens is 1. The third-order valence-electron chi connectivity index (χ3n) is 2.53. The molecule has 1 rings (SSSR count). The molecule has 0 aliphatic heterocycles. The van der Waals surface area contributed by atoms with Crippen molar-refractivity contribution >= 4 is 0 Å². The number of aliphatic hydroxyl groups excluding tert-OH is 1. The fourth-order valence-corrected chi connectivity index (χ4v) is 1.25. The Bertz CT molecular complexity index is 246. The lowest BCUT2D eigenvalue weighted by atomic mass is 10.0. The van der Waals surface area contributed by atoms with Gasteiger partial charge in [-0.3, -0.25) is 0 Å². The molecule has 13 heavy (non-hydrogen) atoms. The summed E-state index contributed by atoms with van der Waals surface area (Å²) in [5.41, 5.74) is 0.996. The predicted octanol–water partition coefficient (Wildman–Crippen LogP) is 0.253. The minimum absolute atomic E-state index is 0.224. The molecule has 0 saturated carbocycles. The number of nitrogens with one attached hydrogen (secondary N) is 1. The van der Waals surface area contributed by atoms with Crippen LogP contribution in [0.2, 0.25) is 0 Å². The molecule has 0 heterocycles. The van der Waals surface area contributed by atoms with Crippen LogP contribution in [0, 0.1) is 0 Å². The van der Waals surface area contributed by atoms with E-state index in [2.05, 4.69) is 14.1 Å². The molecule has 0 spiro atoms. The summed E-state index contributed by atoms with van der Waals surface area (Å²) in [4.78, 5) is 1.26. The summed E-state index contributed by atoms with van der Waals surface area (Å²) >= 11 is 0. The molecule has 0 saturated heterocycles. The number of hydrogen-bond acceptors (Lipinski definition) is 1. The first-order chi connectivity index (χ1) is 6.13. The Morgan fingerprint density at radius 2 is 1.69 bits per heavy atom. The van der Waals surface area contributed by atoms with Crippen molar-refractivity contribution in [1.82, 2.24) is 0 Å². The van der Waals surface area contributed by atoms with Crippen LogP contribution in [0.3, 0.4) is 0 Å². The van der Waals surface area contributed by atoms with E-state index in [1.54, 1.807) is 0 Å². The van der Waals surface area contributed by atoms with Crippen molar-refractivity contribution in [3.63, 3.8) is 0 Å². The van der Waals surface area contributed by atoms with Crippen LogP contribution in [-0.2, 0) is 0 Å². The van der Waals surface area contributed by atoms with E-state index in [4.69, 9.17) is 0 Å². The van der Waals surface area contributed by atoms with Gasteiger partial charge in [0.05, 0.1) is 14.1 Å². The van der Waals surface area contributed by atoms with Crippen LogP contribution in [0.15, 0.2) is 30.3 Å². The number of aliphatic hydroxyl groups is 1. The van der Waals surface area contributed by atoms with Crippen LogP contribution in [0.25, 0.3) is 0 Å². The fraction of sp³-hybridized carbons (Fsp3) is 0.455. The highest BCUT2D eigenvalue weighted by atomic mass is 16.3. The summed E-state index contributed by atoms with van der Waals surface area (Å²) in [5.74, 6) is 0. The minimum Gasteiger partial charge on any atom is -0.382 e. The van der Waals surface area contributed by atoms with E-state index in [9.17, 15) is 5.11 Å². The molecular formula is C11H18NO+. The molecule has 0 amide bonds. The lowest BCUT2D eigenvalue weighted by Crippen LogP contribution is -3.10. The number of rotatable bonds is 3. The van der Waals surface area contributed by atoms with Crippen LogP contribution in [0.1, 0.15) is 18.6 Å². The Labute approximate surface area is 79.8 Å². The van der Waals surface area contributed by atoms with Crippen molar-refractivity contribution in [2.45, 2.75) is 19.1 Å². The van der Waals surface area contributed by atoms with E-state index in [0.717, 1.165) is 5.56 Å². The average Bonchev–Trinajstić information content (AvgIpc) is 2.17. The summed E-state index contributed by atoms with van der Waals surface area (Å²) in [6.45, 7) is 2.05. The monoisotopic (exact) mass is 180 g/mol. The van der Waals surface area contributed by atoms with Crippen LogP contribution >= 0.6 is 0 Å². The van der Waals surface area contributed by atoms with Crippen molar-refractivity contribution in [2.75, 3.05) is 14.1 Å². The predicted molar refractivity (Wildman–Crippen MR) is 53.7 cm³/mol. The second-order valence-corrected chi connectivity index (χ2v) is 3.72. The highest BCUT2D eigenvalue weighted by Gasteiger charge is 2.20. The number of likely N-dealkylation sites (N-methyl/N-ethyl adjacent to an activating group) is 1. The summed E-state index contributed by atoms with van der Waals surface area (Å²) < 4.78 is 0. The zero-order valence-electron chi connectivity index (χ0n) is 8.49. The first-order valence-corrected chi connectivity index (χ1v) is 4.66. The van der Waals surface area contributed by atoms with Crippen molar-refractivity contribution in [1.29, 1.82) is 0 Å². The summed E-state index contributed by atoms with van der Waals surface area (Å²) in [5, 5.41) is 9.94. The van der Waals surface area contributed by atoms with Gasteiger partial charge in [0.25, 0.3) is 0 Å². The van der Waals surface area contributed by atoms with Gasteiger partial charge in [0.1, 0.15) is 12.1 Å². The van der Waals surface area contributed by atoms with Crippen LogP contribution in [-0.4, -0.2) is 25.2 Å². The molecule has 0 radical (unpaired) electrons. The summed E-state index contributed by atoms with van der Waals surface area (Å²) in [7, 11) is 4.10. The molecule has 0 fully saturated rings. The minimum atomic E-state index is -0.369. The van der Waals surface area contributed by atoms with E-state index in [1.807, 2.05) is 37.3 Å². The maximum absolute atomic E-state index is 9.94. The van der Waals surface area contributed by atoms with Gasteiger partial charge >= 0.3 is 0 Å². The van der Waals surface area contributed by atoms with Gasteiger partial charge in [-0.15, -0.1) is 0 Å². The van der Waals surface area contributed by atoms with E-state index in [1.165, 1.54) is 4.90 Å². The lowest BCUT2D eigenvalue weighted by molar-refractivity contribution is -0.888. The van der Waals surface area contributed by atoms with Gasteiger partial charge in [0, 0.05) is 0 Å². The van der Waals surface area contributed by atoms with Crippen molar-refractivity contribution in [3.8, 4) is 0 Å². The zero-order chi connectivity index (χ0) is 9.84. The van der Waals surface area contributed by atoms with E-state index < -0.39 is 0 Å². The average molecular weight is 180 g/mol. The Morgan fingerprint density at radius 3 is 2.15 bits per heavy atom. The molecule has 0 bridgehead atoms. The first kappa shape index (κ1) is 10.2. The largest absolute Gasteiger partial charge is 0.382 e. The van der Waals surface area contributed by atoms with Gasteiger partial charge in [-0.05, 0) is 12.5 Å². The normalized spacial score (nSPS) is 15.8. The molecule has 2 nitrogen and oxygen atoms in total. The van der Waals surface area contributed by atoms with Gasteiger partial charge < -0.3 is 10.0 Å². The van der Waals surface area contributed by atoms with Crippen molar-refractivity contribution < 1.29 is 10.0 Å². The third kappa shape index (κ3) is 2.54. The molecular weight excluding hydrogens is 162 g/mol. The van der Waals surface area contributed by atoms with E-state index in [-0.39, 0.29) is 12.1 Å². The number of benzene rings is 1.